The lowest BCUT2D eigenvalue weighted by atomic mass is 9.81. The minimum Gasteiger partial charge on any atom is -0.497 e. The molecule has 7 aromatic rings. The second-order valence-corrected chi connectivity index (χ2v) is 23.7. The van der Waals surface area contributed by atoms with Crippen molar-refractivity contribution in [3.05, 3.63) is 130 Å². The summed E-state index contributed by atoms with van der Waals surface area (Å²) in [7, 11) is 2.27. The summed E-state index contributed by atoms with van der Waals surface area (Å²) >= 11 is 0. The van der Waals surface area contributed by atoms with Crippen LogP contribution >= 0.6 is 16.8 Å². The average Bonchev–Trinajstić information content (AvgIpc) is 3.44. The van der Waals surface area contributed by atoms with Crippen molar-refractivity contribution in [1.82, 2.24) is 0 Å². The predicted octanol–water partition coefficient (Wildman–Crippen LogP) is 17.4. The minimum absolute atomic E-state index is 0.382. The molecular weight excluding hydrogens is 919 g/mol. The van der Waals surface area contributed by atoms with Crippen LogP contribution in [-0.4, -0.2) is 28.4 Å². The third-order valence-corrected chi connectivity index (χ3v) is 14.2. The highest BCUT2D eigenvalue weighted by Gasteiger charge is 2.34. The molecule has 0 bridgehead atoms. The lowest BCUT2D eigenvalue weighted by Crippen LogP contribution is -2.16. The Morgan fingerprint density at radius 3 is 1.13 bits per heavy atom. The van der Waals surface area contributed by atoms with Gasteiger partial charge in [0.25, 0.3) is 0 Å². The van der Waals surface area contributed by atoms with E-state index in [1.54, 1.807) is 28.4 Å². The van der Waals surface area contributed by atoms with E-state index in [0.717, 1.165) is 44.2 Å². The fourth-order valence-corrected chi connectivity index (χ4v) is 10.5. The number of hydrogen-bond acceptors (Lipinski definition) is 10. The van der Waals surface area contributed by atoms with Gasteiger partial charge >= 0.3 is 16.8 Å². The predicted molar refractivity (Wildman–Crippen MR) is 286 cm³/mol. The third kappa shape index (κ3) is 11.1. The molecule has 0 radical (unpaired) electrons. The zero-order chi connectivity index (χ0) is 51.1. The molecule has 372 valence electrons. The number of rotatable bonds is 13. The Labute approximate surface area is 417 Å². The molecule has 0 fully saturated rings. The Balaban J connectivity index is 1.60. The fraction of sp³-hybridized carbons (Fsp3) is 0.379. The van der Waals surface area contributed by atoms with Gasteiger partial charge in [0.2, 0.25) is 0 Å². The molecule has 0 atom stereocenters. The van der Waals surface area contributed by atoms with Gasteiger partial charge in [-0.25, -0.2) is 0 Å². The first kappa shape index (κ1) is 51.9. The van der Waals surface area contributed by atoms with Gasteiger partial charge in [0.1, 0.15) is 57.2 Å². The molecule has 0 aliphatic heterocycles. The molecule has 10 nitrogen and oxygen atoms in total. The Kier molecular flexibility index (Phi) is 14.9. The van der Waals surface area contributed by atoms with E-state index in [1.807, 2.05) is 111 Å². The molecule has 0 unspecified atom stereocenters. The summed E-state index contributed by atoms with van der Waals surface area (Å²) < 4.78 is 66.9. The molecule has 0 aliphatic rings. The van der Waals surface area contributed by atoms with Crippen LogP contribution in [0.3, 0.4) is 0 Å². The van der Waals surface area contributed by atoms with Crippen molar-refractivity contribution in [2.45, 2.75) is 119 Å². The van der Waals surface area contributed by atoms with Crippen LogP contribution in [0.5, 0.6) is 46.0 Å². The fourth-order valence-electron chi connectivity index (χ4n) is 8.19. The van der Waals surface area contributed by atoms with Gasteiger partial charge in [-0.2, -0.15) is 0 Å². The van der Waals surface area contributed by atoms with Crippen LogP contribution < -0.4 is 37.0 Å². The van der Waals surface area contributed by atoms with Crippen LogP contribution in [0.4, 0.5) is 0 Å². The van der Waals surface area contributed by atoms with Gasteiger partial charge in [-0.1, -0.05) is 119 Å². The number of ether oxygens (including phenoxy) is 4. The zero-order valence-electron chi connectivity index (χ0n) is 44.2. The molecule has 0 saturated heterocycles. The number of benzene rings is 6. The van der Waals surface area contributed by atoms with E-state index < -0.39 is 27.7 Å². The van der Waals surface area contributed by atoms with Crippen LogP contribution in [0.25, 0.3) is 33.1 Å². The summed E-state index contributed by atoms with van der Waals surface area (Å²) in [6.45, 7) is 29.8. The van der Waals surface area contributed by atoms with Crippen LogP contribution in [0.2, 0.25) is 0 Å². The molecule has 0 saturated carbocycles. The lowest BCUT2D eigenvalue weighted by Gasteiger charge is -2.29. The van der Waals surface area contributed by atoms with Gasteiger partial charge in [-0.15, -0.1) is 0 Å². The van der Waals surface area contributed by atoms with Crippen molar-refractivity contribution >= 4 is 38.8 Å². The maximum atomic E-state index is 7.47. The number of aryl methyl sites for hydroxylation is 2. The maximum Gasteiger partial charge on any atom is 0.530 e. The number of para-hydroxylation sites is 2. The minimum atomic E-state index is -2.27. The number of fused-ring (bicyclic) bond motifs is 3. The smallest absolute Gasteiger partial charge is 0.497 e. The molecule has 1 heterocycles. The van der Waals surface area contributed by atoms with Gasteiger partial charge in [-0.3, -0.25) is 0 Å². The number of hydrogen-bond donors (Lipinski definition) is 0. The van der Waals surface area contributed by atoms with Gasteiger partial charge in [-0.05, 0) is 107 Å². The quantitative estimate of drug-likeness (QED) is 0.104. The lowest BCUT2D eigenvalue weighted by molar-refractivity contribution is 0.378. The maximum absolute atomic E-state index is 7.47. The summed E-state index contributed by atoms with van der Waals surface area (Å²) in [4.78, 5) is 0. The van der Waals surface area contributed by atoms with Crippen molar-refractivity contribution in [3.63, 3.8) is 0 Å². The largest absolute Gasteiger partial charge is 0.530 e. The van der Waals surface area contributed by atoms with Crippen LogP contribution in [0.1, 0.15) is 116 Å². The standard InChI is InChI=1S/C58H70O10P2/c1-35-23-19-21-25-49(35)63-69(64-50-26-22-20-24-36(50)2)65-51-41(27-37(59-15)31-45(51)55(3,4)5)42-28-38(60-16)32-46(56(6,7)8)52(42)66-70-67-53-43(29-39(61-17)33-47(53)57(9,10)11)44-30-40(62-18)34-48(54(44)68-70)58(12,13)14/h19-34H,1-18H3. The van der Waals surface area contributed by atoms with Crippen LogP contribution in [0.15, 0.2) is 105 Å². The first-order valence-corrected chi connectivity index (χ1v) is 25.7. The summed E-state index contributed by atoms with van der Waals surface area (Å²) in [5.74, 6) is 4.93. The second-order valence-electron chi connectivity index (χ2n) is 21.7. The van der Waals surface area contributed by atoms with Crippen molar-refractivity contribution in [3.8, 4) is 57.1 Å². The van der Waals surface area contributed by atoms with Gasteiger partial charge in [0.05, 0.1) is 28.4 Å². The van der Waals surface area contributed by atoms with E-state index in [9.17, 15) is 0 Å². The SMILES string of the molecule is COc1cc(-c2cc(OC)cc(C(C)(C)C)c2Op2oc3c(C(C)(C)C)cc(OC)cc3c3cc(OC)cc(C(C)(C)C)c3o2)c(OP(Oc2ccccc2C)Oc2ccccc2C)c(C(C)(C)C)c1. The van der Waals surface area contributed by atoms with E-state index in [1.165, 1.54) is 0 Å². The molecule has 6 aromatic carbocycles. The Bertz CT molecular complexity index is 2940. The highest BCUT2D eigenvalue weighted by Crippen LogP contribution is 2.56. The molecule has 0 amide bonds. The van der Waals surface area contributed by atoms with E-state index in [0.29, 0.717) is 68.3 Å². The summed E-state index contributed by atoms with van der Waals surface area (Å²) in [5.41, 5.74) is 6.26. The average molecular weight is 989 g/mol. The monoisotopic (exact) mass is 988 g/mol. The first-order valence-electron chi connectivity index (χ1n) is 23.5. The molecule has 0 aliphatic carbocycles. The highest BCUT2D eigenvalue weighted by atomic mass is 31.2. The number of methoxy groups -OCH3 is 4. The van der Waals surface area contributed by atoms with E-state index in [4.69, 9.17) is 45.4 Å². The Morgan fingerprint density at radius 1 is 0.414 bits per heavy atom. The molecule has 0 spiro atoms. The van der Waals surface area contributed by atoms with E-state index >= 15 is 0 Å². The normalized spacial score (nSPS) is 12.3. The second kappa shape index (κ2) is 20.0. The van der Waals surface area contributed by atoms with Gasteiger partial charge in [0.15, 0.2) is 0 Å². The molecular formula is C58H70O10P2. The molecule has 12 heteroatoms. The van der Waals surface area contributed by atoms with E-state index in [-0.39, 0.29) is 10.8 Å². The summed E-state index contributed by atoms with van der Waals surface area (Å²) in [6.07, 6.45) is 0. The van der Waals surface area contributed by atoms with Crippen LogP contribution in [0, 0.1) is 13.8 Å². The van der Waals surface area contributed by atoms with Crippen molar-refractivity contribution in [2.75, 3.05) is 28.4 Å². The van der Waals surface area contributed by atoms with Crippen LogP contribution in [-0.2, 0) is 21.7 Å². The molecule has 7 rings (SSSR count). The molecule has 1 aromatic heterocycles. The summed E-state index contributed by atoms with van der Waals surface area (Å²) in [5, 5.41) is 1.61. The zero-order valence-corrected chi connectivity index (χ0v) is 46.0. The Morgan fingerprint density at radius 2 is 0.757 bits per heavy atom. The highest BCUT2D eigenvalue weighted by molar-refractivity contribution is 7.43. The van der Waals surface area contributed by atoms with Crippen molar-refractivity contribution < 1.29 is 45.4 Å². The molecule has 0 N–H and O–H groups in total. The molecule has 70 heavy (non-hydrogen) atoms. The van der Waals surface area contributed by atoms with Crippen molar-refractivity contribution in [1.29, 1.82) is 0 Å². The van der Waals surface area contributed by atoms with Gasteiger partial charge in [0, 0.05) is 44.2 Å². The summed E-state index contributed by atoms with van der Waals surface area (Å²) in [6, 6.07) is 31.7. The van der Waals surface area contributed by atoms with E-state index in [2.05, 4.69) is 83.1 Å². The first-order chi connectivity index (χ1) is 32.8. The Hall–Kier alpha value is -5.95. The van der Waals surface area contributed by atoms with Gasteiger partial charge < -0.3 is 45.4 Å². The van der Waals surface area contributed by atoms with Crippen molar-refractivity contribution in [2.24, 2.45) is 0 Å². The topological polar surface area (TPSA) is 100 Å². The third-order valence-electron chi connectivity index (χ3n) is 12.2.